The van der Waals surface area contributed by atoms with Gasteiger partial charge in [0.15, 0.2) is 6.61 Å². The van der Waals surface area contributed by atoms with Crippen LogP contribution in [0.2, 0.25) is 0 Å². The Morgan fingerprint density at radius 3 is 2.26 bits per heavy atom. The van der Waals surface area contributed by atoms with E-state index in [1.54, 1.807) is 23.4 Å². The maximum absolute atomic E-state index is 12.3. The summed E-state index contributed by atoms with van der Waals surface area (Å²) in [4.78, 5) is 36.4. The molecule has 1 aliphatic heterocycles. The molecule has 31 heavy (non-hydrogen) atoms. The van der Waals surface area contributed by atoms with Crippen LogP contribution in [0, 0.1) is 0 Å². The first-order valence-electron chi connectivity index (χ1n) is 10.5. The Morgan fingerprint density at radius 1 is 1.00 bits per heavy atom. The fraction of sp³-hybridized carbons (Fsp3) is 0.478. The first-order chi connectivity index (χ1) is 14.8. The van der Waals surface area contributed by atoms with Gasteiger partial charge in [-0.15, -0.1) is 0 Å². The molecule has 8 heteroatoms. The summed E-state index contributed by atoms with van der Waals surface area (Å²) in [7, 11) is 0. The van der Waals surface area contributed by atoms with Gasteiger partial charge in [-0.2, -0.15) is 0 Å². The topological polar surface area (TPSA) is 84.9 Å². The van der Waals surface area contributed by atoms with Crippen molar-refractivity contribution in [2.45, 2.75) is 32.6 Å². The minimum absolute atomic E-state index is 0.0802. The van der Waals surface area contributed by atoms with Crippen LogP contribution in [0.5, 0.6) is 5.75 Å². The monoisotopic (exact) mass is 426 g/mol. The van der Waals surface area contributed by atoms with Crippen LogP contribution in [-0.4, -0.2) is 66.1 Å². The Bertz CT molecular complexity index is 857. The number of nitrogens with zero attached hydrogens (tertiary/aromatic N) is 4. The fourth-order valence-corrected chi connectivity index (χ4v) is 3.22. The van der Waals surface area contributed by atoms with Gasteiger partial charge in [0.05, 0.1) is 13.0 Å². The average molecular weight is 427 g/mol. The quantitative estimate of drug-likeness (QED) is 0.629. The second-order valence-corrected chi connectivity index (χ2v) is 8.45. The van der Waals surface area contributed by atoms with Crippen LogP contribution < -0.4 is 9.64 Å². The van der Waals surface area contributed by atoms with Crippen LogP contribution in [0.4, 0.5) is 5.95 Å². The molecule has 0 spiro atoms. The van der Waals surface area contributed by atoms with Crippen molar-refractivity contribution in [2.75, 3.05) is 44.3 Å². The summed E-state index contributed by atoms with van der Waals surface area (Å²) in [5, 5.41) is 0. The highest BCUT2D eigenvalue weighted by Gasteiger charge is 2.23. The standard InChI is InChI=1S/C23H30N4O4/c1-23(2,3)18-5-7-19(8-6-18)30-16-9-21(29)31-17-20(28)26-12-14-27(15-13-26)22-24-10-4-11-25-22/h4-8,10-11H,9,12-17H2,1-3H3. The summed E-state index contributed by atoms with van der Waals surface area (Å²) in [5.41, 5.74) is 1.30. The molecule has 8 nitrogen and oxygen atoms in total. The smallest absolute Gasteiger partial charge is 0.309 e. The maximum Gasteiger partial charge on any atom is 0.309 e. The number of ether oxygens (including phenoxy) is 2. The van der Waals surface area contributed by atoms with Crippen molar-refractivity contribution in [1.29, 1.82) is 0 Å². The molecule has 0 atom stereocenters. The van der Waals surface area contributed by atoms with Crippen molar-refractivity contribution >= 4 is 17.8 Å². The van der Waals surface area contributed by atoms with Gasteiger partial charge in [0, 0.05) is 38.6 Å². The molecule has 0 N–H and O–H groups in total. The molecular formula is C23H30N4O4. The zero-order valence-electron chi connectivity index (χ0n) is 18.4. The van der Waals surface area contributed by atoms with E-state index in [9.17, 15) is 9.59 Å². The Labute approximate surface area is 183 Å². The molecule has 1 fully saturated rings. The number of amides is 1. The highest BCUT2D eigenvalue weighted by molar-refractivity contribution is 5.80. The van der Waals surface area contributed by atoms with E-state index in [-0.39, 0.29) is 31.0 Å². The molecule has 1 aliphatic rings. The van der Waals surface area contributed by atoms with Crippen LogP contribution in [0.15, 0.2) is 42.7 Å². The number of rotatable bonds is 7. The molecule has 0 aliphatic carbocycles. The zero-order chi connectivity index (χ0) is 22.3. The van der Waals surface area contributed by atoms with Gasteiger partial charge in [-0.25, -0.2) is 9.97 Å². The van der Waals surface area contributed by atoms with Crippen molar-refractivity contribution in [3.8, 4) is 5.75 Å². The summed E-state index contributed by atoms with van der Waals surface area (Å²) in [6, 6.07) is 9.61. The summed E-state index contributed by atoms with van der Waals surface area (Å²) in [5.74, 6) is 0.725. The maximum atomic E-state index is 12.3. The Kier molecular flexibility index (Phi) is 7.44. The number of aromatic nitrogens is 2. The number of carbonyl (C=O) groups excluding carboxylic acids is 2. The summed E-state index contributed by atoms with van der Waals surface area (Å²) in [6.45, 7) is 8.79. The van der Waals surface area contributed by atoms with Crippen LogP contribution in [-0.2, 0) is 19.7 Å². The van der Waals surface area contributed by atoms with E-state index in [1.165, 1.54) is 5.56 Å². The van der Waals surface area contributed by atoms with E-state index in [0.717, 1.165) is 0 Å². The number of hydrogen-bond acceptors (Lipinski definition) is 7. The first-order valence-corrected chi connectivity index (χ1v) is 10.5. The summed E-state index contributed by atoms with van der Waals surface area (Å²) < 4.78 is 10.7. The molecule has 0 radical (unpaired) electrons. The van der Waals surface area contributed by atoms with E-state index in [1.807, 2.05) is 29.2 Å². The third kappa shape index (κ3) is 6.67. The van der Waals surface area contributed by atoms with Gasteiger partial charge in [-0.3, -0.25) is 9.59 Å². The zero-order valence-corrected chi connectivity index (χ0v) is 18.4. The van der Waals surface area contributed by atoms with Crippen molar-refractivity contribution in [3.05, 3.63) is 48.3 Å². The van der Waals surface area contributed by atoms with Crippen molar-refractivity contribution in [3.63, 3.8) is 0 Å². The third-order valence-corrected chi connectivity index (χ3v) is 5.12. The number of carbonyl (C=O) groups is 2. The van der Waals surface area contributed by atoms with Crippen molar-refractivity contribution < 1.29 is 19.1 Å². The second kappa shape index (κ2) is 10.2. The van der Waals surface area contributed by atoms with Crippen molar-refractivity contribution in [1.82, 2.24) is 14.9 Å². The molecule has 1 aromatic heterocycles. The molecule has 2 aromatic rings. The number of anilines is 1. The lowest BCUT2D eigenvalue weighted by molar-refractivity contribution is -0.152. The lowest BCUT2D eigenvalue weighted by Gasteiger charge is -2.34. The molecule has 0 saturated carbocycles. The molecule has 3 rings (SSSR count). The van der Waals surface area contributed by atoms with Crippen LogP contribution in [0.1, 0.15) is 32.8 Å². The normalized spacial score (nSPS) is 14.3. The molecular weight excluding hydrogens is 396 g/mol. The highest BCUT2D eigenvalue weighted by Crippen LogP contribution is 2.24. The molecule has 1 saturated heterocycles. The number of hydrogen-bond donors (Lipinski definition) is 0. The molecule has 2 heterocycles. The minimum Gasteiger partial charge on any atom is -0.493 e. The average Bonchev–Trinajstić information content (AvgIpc) is 2.78. The van der Waals surface area contributed by atoms with Crippen LogP contribution in [0.25, 0.3) is 0 Å². The Morgan fingerprint density at radius 2 is 1.65 bits per heavy atom. The van der Waals surface area contributed by atoms with Gasteiger partial charge in [0.1, 0.15) is 5.75 Å². The van der Waals surface area contributed by atoms with Gasteiger partial charge in [-0.05, 0) is 29.2 Å². The van der Waals surface area contributed by atoms with Gasteiger partial charge in [0.2, 0.25) is 5.95 Å². The minimum atomic E-state index is -0.448. The predicted octanol–water partition coefficient (Wildman–Crippen LogP) is 2.44. The van der Waals surface area contributed by atoms with E-state index in [0.29, 0.717) is 37.9 Å². The molecule has 166 valence electrons. The number of esters is 1. The first kappa shape index (κ1) is 22.5. The van der Waals surface area contributed by atoms with E-state index in [4.69, 9.17) is 9.47 Å². The van der Waals surface area contributed by atoms with Gasteiger partial charge in [-0.1, -0.05) is 32.9 Å². The van der Waals surface area contributed by atoms with Gasteiger partial charge in [0.25, 0.3) is 5.91 Å². The van der Waals surface area contributed by atoms with Crippen LogP contribution in [0.3, 0.4) is 0 Å². The predicted molar refractivity (Wildman–Crippen MR) is 117 cm³/mol. The lowest BCUT2D eigenvalue weighted by Crippen LogP contribution is -2.50. The lowest BCUT2D eigenvalue weighted by atomic mass is 9.87. The molecule has 0 unspecified atom stereocenters. The van der Waals surface area contributed by atoms with Crippen molar-refractivity contribution in [2.24, 2.45) is 0 Å². The fourth-order valence-electron chi connectivity index (χ4n) is 3.22. The Hall–Kier alpha value is -3.16. The molecule has 1 amide bonds. The van der Waals surface area contributed by atoms with Crippen LogP contribution >= 0.6 is 0 Å². The van der Waals surface area contributed by atoms with Gasteiger partial charge < -0.3 is 19.3 Å². The summed E-state index contributed by atoms with van der Waals surface area (Å²) >= 11 is 0. The SMILES string of the molecule is CC(C)(C)c1ccc(OCCC(=O)OCC(=O)N2CCN(c3ncccn3)CC2)cc1. The summed E-state index contributed by atoms with van der Waals surface area (Å²) in [6.07, 6.45) is 3.49. The number of piperazine rings is 1. The third-order valence-electron chi connectivity index (χ3n) is 5.12. The molecule has 0 bridgehead atoms. The van der Waals surface area contributed by atoms with E-state index < -0.39 is 5.97 Å². The van der Waals surface area contributed by atoms with E-state index in [2.05, 4.69) is 30.7 Å². The van der Waals surface area contributed by atoms with Gasteiger partial charge >= 0.3 is 5.97 Å². The van der Waals surface area contributed by atoms with E-state index >= 15 is 0 Å². The Balaban J connectivity index is 1.33. The molecule has 1 aromatic carbocycles. The second-order valence-electron chi connectivity index (χ2n) is 8.45. The largest absolute Gasteiger partial charge is 0.493 e. The highest BCUT2D eigenvalue weighted by atomic mass is 16.5. The number of benzene rings is 1.